The normalized spacial score (nSPS) is 18.5. The Morgan fingerprint density at radius 3 is 2.47 bits per heavy atom. The fourth-order valence-electron chi connectivity index (χ4n) is 3.62. The van der Waals surface area contributed by atoms with Gasteiger partial charge in [0, 0.05) is 18.7 Å². The number of hydrogen-bond donors (Lipinski definition) is 1. The van der Waals surface area contributed by atoms with E-state index in [4.69, 9.17) is 23.7 Å². The molecule has 0 radical (unpaired) electrons. The first-order valence-corrected chi connectivity index (χ1v) is 10.1. The van der Waals surface area contributed by atoms with Gasteiger partial charge in [-0.05, 0) is 22.9 Å². The van der Waals surface area contributed by atoms with Gasteiger partial charge >= 0.3 is 0 Å². The second-order valence-corrected chi connectivity index (χ2v) is 7.04. The van der Waals surface area contributed by atoms with Gasteiger partial charge < -0.3 is 29.0 Å². The molecule has 1 unspecified atom stereocenters. The smallest absolute Gasteiger partial charge is 0.203 e. The van der Waals surface area contributed by atoms with E-state index in [-0.39, 0.29) is 12.4 Å². The minimum atomic E-state index is -0.336. The standard InChI is InChI=1S/C24H27NO5/c1-26-21-11-6-12-22(27-2)23(21)28-14-13-25-15-18-16-29-24(30-18)20-10-5-8-17-7-3-4-9-19(17)20/h3-12,18,24-25H,13-16H2,1-2H3/t18?,24-/m0/s1. The van der Waals surface area contributed by atoms with Gasteiger partial charge in [-0.1, -0.05) is 48.5 Å². The fraction of sp³-hybridized carbons (Fsp3) is 0.333. The summed E-state index contributed by atoms with van der Waals surface area (Å²) >= 11 is 0. The summed E-state index contributed by atoms with van der Waals surface area (Å²) in [6.07, 6.45) is -0.341. The Kier molecular flexibility index (Phi) is 6.69. The summed E-state index contributed by atoms with van der Waals surface area (Å²) in [5.41, 5.74) is 1.07. The van der Waals surface area contributed by atoms with Crippen LogP contribution in [-0.4, -0.2) is 46.6 Å². The number of ether oxygens (including phenoxy) is 5. The highest BCUT2D eigenvalue weighted by Gasteiger charge is 2.28. The lowest BCUT2D eigenvalue weighted by molar-refractivity contribution is -0.0585. The van der Waals surface area contributed by atoms with E-state index in [9.17, 15) is 0 Å². The van der Waals surface area contributed by atoms with Gasteiger partial charge in [0.15, 0.2) is 17.8 Å². The molecule has 3 aromatic carbocycles. The van der Waals surface area contributed by atoms with E-state index in [1.54, 1.807) is 14.2 Å². The molecule has 0 bridgehead atoms. The second-order valence-electron chi connectivity index (χ2n) is 7.04. The summed E-state index contributed by atoms with van der Waals surface area (Å²) in [4.78, 5) is 0. The second kappa shape index (κ2) is 9.80. The van der Waals surface area contributed by atoms with Gasteiger partial charge in [-0.25, -0.2) is 0 Å². The Bertz CT molecular complexity index is 949. The quantitative estimate of drug-likeness (QED) is 0.540. The van der Waals surface area contributed by atoms with Crippen molar-refractivity contribution in [2.75, 3.05) is 40.5 Å². The molecule has 3 aromatic rings. The zero-order valence-corrected chi connectivity index (χ0v) is 17.3. The lowest BCUT2D eigenvalue weighted by Crippen LogP contribution is -2.31. The predicted octanol–water partition coefficient (Wildman–Crippen LogP) is 3.94. The summed E-state index contributed by atoms with van der Waals surface area (Å²) in [6.45, 7) is 2.40. The molecule has 0 saturated carbocycles. The highest BCUT2D eigenvalue weighted by atomic mass is 16.7. The number of fused-ring (bicyclic) bond motifs is 1. The van der Waals surface area contributed by atoms with Crippen LogP contribution in [0.25, 0.3) is 10.8 Å². The zero-order valence-electron chi connectivity index (χ0n) is 17.3. The molecular weight excluding hydrogens is 382 g/mol. The highest BCUT2D eigenvalue weighted by Crippen LogP contribution is 2.36. The van der Waals surface area contributed by atoms with Crippen molar-refractivity contribution in [1.29, 1.82) is 0 Å². The first-order valence-electron chi connectivity index (χ1n) is 10.1. The summed E-state index contributed by atoms with van der Waals surface area (Å²) in [5.74, 6) is 1.92. The van der Waals surface area contributed by atoms with Crippen LogP contribution in [0.5, 0.6) is 17.2 Å². The maximum absolute atomic E-state index is 6.13. The van der Waals surface area contributed by atoms with Gasteiger partial charge in [0.05, 0.1) is 26.9 Å². The van der Waals surface area contributed by atoms with Crippen LogP contribution >= 0.6 is 0 Å². The van der Waals surface area contributed by atoms with E-state index in [0.717, 1.165) is 10.9 Å². The minimum Gasteiger partial charge on any atom is -0.493 e. The van der Waals surface area contributed by atoms with Crippen LogP contribution in [0.2, 0.25) is 0 Å². The Hall–Kier alpha value is -2.80. The summed E-state index contributed by atoms with van der Waals surface area (Å²) in [6, 6.07) is 20.1. The molecule has 0 amide bonds. The van der Waals surface area contributed by atoms with Crippen molar-refractivity contribution in [3.63, 3.8) is 0 Å². The van der Waals surface area contributed by atoms with E-state index < -0.39 is 0 Å². The van der Waals surface area contributed by atoms with Crippen molar-refractivity contribution in [3.8, 4) is 17.2 Å². The van der Waals surface area contributed by atoms with Crippen LogP contribution in [0.1, 0.15) is 11.9 Å². The average molecular weight is 409 g/mol. The first kappa shape index (κ1) is 20.5. The molecule has 2 atom stereocenters. The van der Waals surface area contributed by atoms with Crippen LogP contribution in [0, 0.1) is 0 Å². The van der Waals surface area contributed by atoms with E-state index in [2.05, 4.69) is 29.6 Å². The lowest BCUT2D eigenvalue weighted by Gasteiger charge is -2.16. The average Bonchev–Trinajstić information content (AvgIpc) is 3.27. The van der Waals surface area contributed by atoms with E-state index in [1.807, 2.05) is 36.4 Å². The lowest BCUT2D eigenvalue weighted by atomic mass is 10.0. The Balaban J connectivity index is 1.26. The number of methoxy groups -OCH3 is 2. The Labute approximate surface area is 176 Å². The van der Waals surface area contributed by atoms with E-state index >= 15 is 0 Å². The first-order chi connectivity index (χ1) is 14.8. The summed E-state index contributed by atoms with van der Waals surface area (Å²) in [7, 11) is 3.23. The number of rotatable bonds is 9. The third-order valence-corrected chi connectivity index (χ3v) is 5.11. The number of benzene rings is 3. The van der Waals surface area contributed by atoms with Gasteiger partial charge in [0.2, 0.25) is 5.75 Å². The molecule has 4 rings (SSSR count). The molecule has 30 heavy (non-hydrogen) atoms. The van der Waals surface area contributed by atoms with Gasteiger partial charge in [-0.15, -0.1) is 0 Å². The molecule has 6 nitrogen and oxygen atoms in total. The van der Waals surface area contributed by atoms with Gasteiger partial charge in [-0.2, -0.15) is 0 Å². The molecule has 158 valence electrons. The van der Waals surface area contributed by atoms with Crippen molar-refractivity contribution in [1.82, 2.24) is 5.32 Å². The van der Waals surface area contributed by atoms with E-state index in [1.165, 1.54) is 5.39 Å². The third kappa shape index (κ3) is 4.51. The summed E-state index contributed by atoms with van der Waals surface area (Å²) < 4.78 is 28.6. The molecule has 0 aromatic heterocycles. The molecule has 0 spiro atoms. The molecular formula is C24H27NO5. The predicted molar refractivity (Wildman–Crippen MR) is 115 cm³/mol. The summed E-state index contributed by atoms with van der Waals surface area (Å²) in [5, 5.41) is 5.72. The fourth-order valence-corrected chi connectivity index (χ4v) is 3.62. The topological polar surface area (TPSA) is 58.2 Å². The Morgan fingerprint density at radius 1 is 0.933 bits per heavy atom. The van der Waals surface area contributed by atoms with Crippen LogP contribution in [0.15, 0.2) is 60.7 Å². The van der Waals surface area contributed by atoms with E-state index in [0.29, 0.717) is 43.6 Å². The molecule has 1 fully saturated rings. The maximum Gasteiger partial charge on any atom is 0.203 e. The maximum atomic E-state index is 6.13. The third-order valence-electron chi connectivity index (χ3n) is 5.11. The molecule has 1 aliphatic rings. The van der Waals surface area contributed by atoms with Crippen LogP contribution < -0.4 is 19.5 Å². The molecule has 0 aliphatic carbocycles. The molecule has 1 heterocycles. The number of hydrogen-bond acceptors (Lipinski definition) is 6. The SMILES string of the molecule is COc1cccc(OC)c1OCCNCC1CO[C@H](c2cccc3ccccc23)O1. The zero-order chi connectivity index (χ0) is 20.8. The van der Waals surface area contributed by atoms with Crippen molar-refractivity contribution in [2.45, 2.75) is 12.4 Å². The number of nitrogens with one attached hydrogen (secondary N) is 1. The largest absolute Gasteiger partial charge is 0.493 e. The molecule has 1 saturated heterocycles. The molecule has 6 heteroatoms. The number of para-hydroxylation sites is 1. The van der Waals surface area contributed by atoms with Crippen LogP contribution in [0.3, 0.4) is 0 Å². The van der Waals surface area contributed by atoms with Crippen molar-refractivity contribution >= 4 is 10.8 Å². The van der Waals surface area contributed by atoms with Crippen molar-refractivity contribution in [2.24, 2.45) is 0 Å². The molecule has 1 aliphatic heterocycles. The minimum absolute atomic E-state index is 0.00485. The van der Waals surface area contributed by atoms with Gasteiger partial charge in [-0.3, -0.25) is 0 Å². The van der Waals surface area contributed by atoms with Crippen molar-refractivity contribution in [3.05, 3.63) is 66.2 Å². The van der Waals surface area contributed by atoms with Gasteiger partial charge in [0.25, 0.3) is 0 Å². The van der Waals surface area contributed by atoms with Crippen molar-refractivity contribution < 1.29 is 23.7 Å². The highest BCUT2D eigenvalue weighted by molar-refractivity contribution is 5.85. The molecule has 1 N–H and O–H groups in total. The van der Waals surface area contributed by atoms with Gasteiger partial charge in [0.1, 0.15) is 6.61 Å². The van der Waals surface area contributed by atoms with Crippen LogP contribution in [0.4, 0.5) is 0 Å². The monoisotopic (exact) mass is 409 g/mol. The van der Waals surface area contributed by atoms with Crippen LogP contribution in [-0.2, 0) is 9.47 Å². The Morgan fingerprint density at radius 2 is 1.67 bits per heavy atom.